The lowest BCUT2D eigenvalue weighted by atomic mass is 10.6. The molecule has 0 amide bonds. The van der Waals surface area contributed by atoms with E-state index in [-0.39, 0.29) is 17.2 Å². The molecule has 0 aromatic carbocycles. The fourth-order valence-corrected chi connectivity index (χ4v) is 32.4. The molecule has 0 saturated carbocycles. The van der Waals surface area contributed by atoms with Crippen molar-refractivity contribution < 1.29 is 38.9 Å². The summed E-state index contributed by atoms with van der Waals surface area (Å²) in [5.41, 5.74) is -0.333. The molecule has 0 aliphatic carbocycles. The fraction of sp³-hybridized carbons (Fsp3) is 1.00. The van der Waals surface area contributed by atoms with Gasteiger partial charge in [-0.1, -0.05) is 13.3 Å². The molecule has 0 spiro atoms. The van der Waals surface area contributed by atoms with Crippen LogP contribution in [0.1, 0.15) is 13.3 Å². The largest absolute Gasteiger partial charge is 0.469 e. The van der Waals surface area contributed by atoms with E-state index in [2.05, 4.69) is 105 Å². The first-order valence-electron chi connectivity index (χ1n) is 15.8. The van der Waals surface area contributed by atoms with E-state index in [1.807, 2.05) is 0 Å². The summed E-state index contributed by atoms with van der Waals surface area (Å²) in [4.78, 5) is 0. The summed E-state index contributed by atoms with van der Waals surface area (Å²) in [6.45, 7) is 37.4. The molecule has 0 aromatic rings. The summed E-state index contributed by atoms with van der Waals surface area (Å²) in [7, 11) is -14.8. The highest BCUT2D eigenvalue weighted by atomic mass is 28.5. The van der Waals surface area contributed by atoms with Crippen molar-refractivity contribution in [3.05, 3.63) is 0 Å². The number of hydrogen-bond donors (Lipinski definition) is 0. The molecule has 0 heterocycles. The van der Waals surface area contributed by atoms with Gasteiger partial charge in [0.25, 0.3) is 0 Å². The Labute approximate surface area is 282 Å². The zero-order chi connectivity index (χ0) is 34.1. The fourth-order valence-electron chi connectivity index (χ4n) is 4.79. The van der Waals surface area contributed by atoms with Gasteiger partial charge in [0.2, 0.25) is 25.0 Å². The van der Waals surface area contributed by atoms with Crippen LogP contribution in [0.4, 0.5) is 0 Å². The molecule has 0 bridgehead atoms. The van der Waals surface area contributed by atoms with Crippen LogP contribution in [0.5, 0.6) is 0 Å². The van der Waals surface area contributed by atoms with Gasteiger partial charge in [-0.15, -0.1) is 0 Å². The highest BCUT2D eigenvalue weighted by molar-refractivity contribution is 6.92. The maximum atomic E-state index is 7.50. The minimum Gasteiger partial charge on any atom is -0.426 e. The monoisotopic (exact) mass is 782 g/mol. The van der Waals surface area contributed by atoms with Crippen molar-refractivity contribution in [1.29, 1.82) is 0 Å². The highest BCUT2D eigenvalue weighted by Crippen LogP contribution is 2.35. The second-order valence-corrected chi connectivity index (χ2v) is 47.1. The Kier molecular flexibility index (Phi) is 18.7. The van der Waals surface area contributed by atoms with Crippen molar-refractivity contribution in [2.75, 3.05) is 19.8 Å². The molecular formula is C24H70O9Si10. The first-order valence-corrected chi connectivity index (χ1v) is 39.3. The zero-order valence-electron chi connectivity index (χ0n) is 31.4. The lowest BCUT2D eigenvalue weighted by Crippen LogP contribution is -2.69. The van der Waals surface area contributed by atoms with Crippen molar-refractivity contribution in [3.63, 3.8) is 0 Å². The van der Waals surface area contributed by atoms with Crippen molar-refractivity contribution >= 4 is 90.2 Å². The molecule has 0 aromatic heterocycles. The minimum atomic E-state index is -3.34. The molecule has 0 aliphatic heterocycles. The van der Waals surface area contributed by atoms with Crippen LogP contribution in [0.15, 0.2) is 0 Å². The third kappa shape index (κ3) is 17.7. The van der Waals surface area contributed by atoms with Crippen LogP contribution in [-0.4, -0.2) is 127 Å². The molecule has 0 N–H and O–H groups in total. The molecule has 0 saturated heterocycles. The Morgan fingerprint density at radius 2 is 0.674 bits per heavy atom. The van der Waals surface area contributed by atoms with E-state index in [1.54, 1.807) is 0 Å². The summed E-state index contributed by atoms with van der Waals surface area (Å²) in [6, 6.07) is 0.723. The van der Waals surface area contributed by atoms with Crippen LogP contribution < -0.4 is 0 Å². The van der Waals surface area contributed by atoms with Crippen LogP contribution in [-0.2, 0) is 38.9 Å². The lowest BCUT2D eigenvalue weighted by Gasteiger charge is -2.50. The molecular weight excluding hydrogens is 713 g/mol. The summed E-state index contributed by atoms with van der Waals surface area (Å²) < 4.78 is 60.3. The van der Waals surface area contributed by atoms with E-state index in [0.717, 1.165) is 12.5 Å². The average Bonchev–Trinajstić information content (AvgIpc) is 2.74. The van der Waals surface area contributed by atoms with E-state index in [0.29, 0.717) is 51.3 Å². The third-order valence-electron chi connectivity index (χ3n) is 6.58. The number of rotatable bonds is 23. The van der Waals surface area contributed by atoms with Crippen molar-refractivity contribution in [2.24, 2.45) is 0 Å². The van der Waals surface area contributed by atoms with Crippen molar-refractivity contribution in [2.45, 2.75) is 135 Å². The van der Waals surface area contributed by atoms with Crippen LogP contribution in [0.25, 0.3) is 0 Å². The summed E-state index contributed by atoms with van der Waals surface area (Å²) in [6.07, 6.45) is 0.885. The Morgan fingerprint density at radius 1 is 0.442 bits per heavy atom. The van der Waals surface area contributed by atoms with Crippen LogP contribution in [0, 0.1) is 0 Å². The second-order valence-electron chi connectivity index (χ2n) is 16.1. The topological polar surface area (TPSA) is 83.1 Å². The van der Waals surface area contributed by atoms with Crippen LogP contribution in [0.3, 0.4) is 0 Å². The molecule has 0 fully saturated rings. The van der Waals surface area contributed by atoms with Crippen molar-refractivity contribution in [3.8, 4) is 0 Å². The summed E-state index contributed by atoms with van der Waals surface area (Å²) in [5, 5.41) is 0. The summed E-state index contributed by atoms with van der Waals surface area (Å²) in [5.74, 6) is 0. The molecule has 0 rings (SSSR count). The standard InChI is InChI=1S/C24H70O9Si10/c1-17-18-43(31-40(11,12)22(19-25-34)28-37(2,3)4,32-41(13,14)23(20-26-35)29-38(5,6)7)33-42(15,16)24(21-27-36)30-39(8,9)10/h22-24H,17-21H2,1-16,34-36H3. The van der Waals surface area contributed by atoms with E-state index >= 15 is 0 Å². The van der Waals surface area contributed by atoms with Gasteiger partial charge in [0.1, 0.15) is 31.5 Å². The number of hydrogen-bond acceptors (Lipinski definition) is 9. The van der Waals surface area contributed by atoms with Gasteiger partial charge in [0, 0.05) is 6.04 Å². The first-order chi connectivity index (χ1) is 19.2. The van der Waals surface area contributed by atoms with Crippen molar-refractivity contribution in [1.82, 2.24) is 0 Å². The Morgan fingerprint density at radius 3 is 0.837 bits per heavy atom. The maximum Gasteiger partial charge on any atom is 0.469 e. The molecule has 43 heavy (non-hydrogen) atoms. The predicted octanol–water partition coefficient (Wildman–Crippen LogP) is 3.17. The van der Waals surface area contributed by atoms with E-state index in [9.17, 15) is 0 Å². The highest BCUT2D eigenvalue weighted by Gasteiger charge is 2.57. The third-order valence-corrected chi connectivity index (χ3v) is 27.9. The molecule has 3 atom stereocenters. The molecule has 9 nitrogen and oxygen atoms in total. The van der Waals surface area contributed by atoms with E-state index in [1.165, 1.54) is 0 Å². The van der Waals surface area contributed by atoms with Gasteiger partial charge in [0.15, 0.2) is 25.0 Å². The Balaban J connectivity index is 7.15. The minimum absolute atomic E-state index is 0.111. The van der Waals surface area contributed by atoms with Gasteiger partial charge < -0.3 is 38.9 Å². The van der Waals surface area contributed by atoms with Crippen LogP contribution in [0.2, 0.25) is 104 Å². The normalized spacial score (nSPS) is 18.1. The van der Waals surface area contributed by atoms with E-state index in [4.69, 9.17) is 38.9 Å². The first kappa shape index (κ1) is 44.8. The lowest BCUT2D eigenvalue weighted by molar-refractivity contribution is 0.134. The van der Waals surface area contributed by atoms with Gasteiger partial charge in [-0.05, 0) is 98.2 Å². The van der Waals surface area contributed by atoms with Gasteiger partial charge in [-0.2, -0.15) is 0 Å². The van der Waals surface area contributed by atoms with Gasteiger partial charge in [-0.3, -0.25) is 0 Å². The zero-order valence-corrected chi connectivity index (χ0v) is 44.4. The van der Waals surface area contributed by atoms with Gasteiger partial charge in [0.05, 0.1) is 37.0 Å². The van der Waals surface area contributed by atoms with Gasteiger partial charge >= 0.3 is 8.80 Å². The molecule has 260 valence electrons. The smallest absolute Gasteiger partial charge is 0.426 e. The molecule has 0 aliphatic rings. The molecule has 19 heteroatoms. The van der Waals surface area contributed by atoms with Crippen LogP contribution >= 0.6 is 0 Å². The Bertz CT molecular complexity index is 704. The van der Waals surface area contributed by atoms with Gasteiger partial charge in [-0.25, -0.2) is 0 Å². The Hall–Kier alpha value is 1.81. The molecule has 0 radical (unpaired) electrons. The second kappa shape index (κ2) is 18.0. The maximum absolute atomic E-state index is 7.50. The quantitative estimate of drug-likeness (QED) is 0.145. The summed E-state index contributed by atoms with van der Waals surface area (Å²) >= 11 is 0. The predicted molar refractivity (Wildman–Crippen MR) is 209 cm³/mol. The SMILES string of the molecule is CCC[Si](O[Si](C)(C)C(CO[SiH3])O[Si](C)(C)C)(O[Si](C)(C)C(CO[SiH3])O[Si](C)(C)C)O[Si](C)(C)C(CO[SiH3])O[Si](C)(C)C. The van der Waals surface area contributed by atoms with E-state index < -0.39 is 58.7 Å². The molecule has 3 unspecified atom stereocenters. The average molecular weight is 784 g/mol.